The minimum Gasteiger partial charge on any atom is -0.497 e. The molecule has 1 aromatic carbocycles. The Bertz CT molecular complexity index is 332. The largest absolute Gasteiger partial charge is 0.497 e. The predicted molar refractivity (Wildman–Crippen MR) is 63.7 cm³/mol. The van der Waals surface area contributed by atoms with Gasteiger partial charge in [0.25, 0.3) is 0 Å². The topological polar surface area (TPSA) is 55.8 Å². The molecule has 0 aliphatic rings. The van der Waals surface area contributed by atoms with Crippen LogP contribution in [0.3, 0.4) is 0 Å². The molecule has 0 spiro atoms. The second kappa shape index (κ2) is 7.68. The summed E-state index contributed by atoms with van der Waals surface area (Å²) >= 11 is 0. The molecular formula is C13H18O4. The van der Waals surface area contributed by atoms with Gasteiger partial charge in [0.15, 0.2) is 0 Å². The molecule has 0 radical (unpaired) electrons. The lowest BCUT2D eigenvalue weighted by Gasteiger charge is -2.05. The minimum atomic E-state index is -0.228. The number of aliphatic hydroxyl groups is 1. The molecule has 0 aromatic heterocycles. The molecule has 1 N–H and O–H groups in total. The Morgan fingerprint density at radius 1 is 1.24 bits per heavy atom. The van der Waals surface area contributed by atoms with E-state index in [0.29, 0.717) is 19.3 Å². The van der Waals surface area contributed by atoms with Gasteiger partial charge in [-0.25, -0.2) is 0 Å². The van der Waals surface area contributed by atoms with Crippen LogP contribution in [0.1, 0.15) is 24.8 Å². The highest BCUT2D eigenvalue weighted by molar-refractivity contribution is 5.69. The molecule has 0 atom stereocenters. The number of aliphatic hydroxyl groups excluding tert-OH is 1. The Kier molecular flexibility index (Phi) is 6.10. The van der Waals surface area contributed by atoms with E-state index in [2.05, 4.69) is 0 Å². The van der Waals surface area contributed by atoms with Crippen molar-refractivity contribution < 1.29 is 19.4 Å². The molecule has 0 bridgehead atoms. The third-order valence-electron chi connectivity index (χ3n) is 2.35. The molecule has 0 amide bonds. The quantitative estimate of drug-likeness (QED) is 0.582. The van der Waals surface area contributed by atoms with E-state index in [1.165, 1.54) is 0 Å². The number of carbonyl (C=O) groups is 1. The number of esters is 1. The first kappa shape index (κ1) is 13.5. The Labute approximate surface area is 101 Å². The average molecular weight is 238 g/mol. The summed E-state index contributed by atoms with van der Waals surface area (Å²) in [6.45, 7) is 0.397. The van der Waals surface area contributed by atoms with Gasteiger partial charge in [0.2, 0.25) is 0 Å². The first-order valence-corrected chi connectivity index (χ1v) is 5.65. The molecule has 0 saturated carbocycles. The highest BCUT2D eigenvalue weighted by atomic mass is 16.5. The van der Waals surface area contributed by atoms with Crippen LogP contribution in [-0.2, 0) is 16.1 Å². The fourth-order valence-corrected chi connectivity index (χ4v) is 1.34. The van der Waals surface area contributed by atoms with Crippen molar-refractivity contribution >= 4 is 5.97 Å². The molecule has 0 heterocycles. The number of unbranched alkanes of at least 4 members (excludes halogenated alkanes) is 1. The summed E-state index contributed by atoms with van der Waals surface area (Å²) < 4.78 is 10.1. The van der Waals surface area contributed by atoms with Gasteiger partial charge in [-0.05, 0) is 30.5 Å². The van der Waals surface area contributed by atoms with Gasteiger partial charge in [-0.3, -0.25) is 4.79 Å². The molecule has 0 aliphatic heterocycles. The fraction of sp³-hybridized carbons (Fsp3) is 0.462. The molecule has 0 unspecified atom stereocenters. The number of methoxy groups -OCH3 is 1. The predicted octanol–water partition coefficient (Wildman–Crippen LogP) is 1.90. The highest BCUT2D eigenvalue weighted by Crippen LogP contribution is 2.12. The van der Waals surface area contributed by atoms with E-state index in [4.69, 9.17) is 14.6 Å². The Morgan fingerprint density at radius 3 is 2.53 bits per heavy atom. The zero-order valence-corrected chi connectivity index (χ0v) is 10.0. The van der Waals surface area contributed by atoms with E-state index in [9.17, 15) is 4.79 Å². The minimum absolute atomic E-state index is 0.117. The Morgan fingerprint density at radius 2 is 1.94 bits per heavy atom. The molecule has 17 heavy (non-hydrogen) atoms. The lowest BCUT2D eigenvalue weighted by Crippen LogP contribution is -2.04. The van der Waals surface area contributed by atoms with Gasteiger partial charge in [0, 0.05) is 13.0 Å². The van der Waals surface area contributed by atoms with Gasteiger partial charge in [-0.1, -0.05) is 12.1 Å². The monoisotopic (exact) mass is 238 g/mol. The standard InChI is InChI=1S/C13H18O4/c1-16-12-7-5-11(6-8-12)10-17-13(15)4-2-3-9-14/h5-8,14H,2-4,9-10H2,1H3. The highest BCUT2D eigenvalue weighted by Gasteiger charge is 2.03. The van der Waals surface area contributed by atoms with Gasteiger partial charge < -0.3 is 14.6 Å². The molecule has 1 rings (SSSR count). The van der Waals surface area contributed by atoms with Gasteiger partial charge in [-0.2, -0.15) is 0 Å². The van der Waals surface area contributed by atoms with Crippen LogP contribution in [0, 0.1) is 0 Å². The normalized spacial score (nSPS) is 10.0. The molecule has 0 fully saturated rings. The first-order valence-electron chi connectivity index (χ1n) is 5.65. The summed E-state index contributed by atoms with van der Waals surface area (Å²) in [5, 5.41) is 8.57. The summed E-state index contributed by atoms with van der Waals surface area (Å²) in [5.74, 6) is 0.553. The van der Waals surface area contributed by atoms with E-state index in [1.54, 1.807) is 7.11 Å². The van der Waals surface area contributed by atoms with E-state index in [1.807, 2.05) is 24.3 Å². The summed E-state index contributed by atoms with van der Waals surface area (Å²) in [6.07, 6.45) is 1.66. The lowest BCUT2D eigenvalue weighted by molar-refractivity contribution is -0.145. The van der Waals surface area contributed by atoms with Crippen LogP contribution in [0.4, 0.5) is 0 Å². The third-order valence-corrected chi connectivity index (χ3v) is 2.35. The molecule has 4 nitrogen and oxygen atoms in total. The van der Waals surface area contributed by atoms with Crippen LogP contribution in [0.25, 0.3) is 0 Å². The number of carbonyl (C=O) groups excluding carboxylic acids is 1. The molecule has 94 valence electrons. The van der Waals surface area contributed by atoms with Crippen molar-refractivity contribution in [1.29, 1.82) is 0 Å². The van der Waals surface area contributed by atoms with Crippen LogP contribution < -0.4 is 4.74 Å². The smallest absolute Gasteiger partial charge is 0.306 e. The number of benzene rings is 1. The second-order valence-corrected chi connectivity index (χ2v) is 3.69. The molecule has 0 saturated heterocycles. The molecule has 4 heteroatoms. The van der Waals surface area contributed by atoms with Crippen molar-refractivity contribution in [3.05, 3.63) is 29.8 Å². The Balaban J connectivity index is 2.27. The number of rotatable bonds is 7. The summed E-state index contributed by atoms with van der Waals surface area (Å²) in [5.41, 5.74) is 0.932. The third kappa shape index (κ3) is 5.36. The van der Waals surface area contributed by atoms with Gasteiger partial charge in [-0.15, -0.1) is 0 Å². The second-order valence-electron chi connectivity index (χ2n) is 3.69. The molecular weight excluding hydrogens is 220 g/mol. The van der Waals surface area contributed by atoms with E-state index in [-0.39, 0.29) is 19.2 Å². The Hall–Kier alpha value is -1.55. The summed E-state index contributed by atoms with van der Waals surface area (Å²) in [7, 11) is 1.61. The SMILES string of the molecule is COc1ccc(COC(=O)CCCCO)cc1. The van der Waals surface area contributed by atoms with Crippen molar-refractivity contribution in [3.8, 4) is 5.75 Å². The lowest BCUT2D eigenvalue weighted by atomic mass is 10.2. The number of hydrogen-bond donors (Lipinski definition) is 1. The van der Waals surface area contributed by atoms with Crippen LogP contribution in [0.15, 0.2) is 24.3 Å². The summed E-state index contributed by atoms with van der Waals surface area (Å²) in [4.78, 5) is 11.3. The zero-order valence-electron chi connectivity index (χ0n) is 10.0. The zero-order chi connectivity index (χ0) is 12.5. The summed E-state index contributed by atoms with van der Waals surface area (Å²) in [6, 6.07) is 7.38. The van der Waals surface area contributed by atoms with Crippen molar-refractivity contribution in [2.24, 2.45) is 0 Å². The van der Waals surface area contributed by atoms with Crippen molar-refractivity contribution in [1.82, 2.24) is 0 Å². The van der Waals surface area contributed by atoms with Gasteiger partial charge >= 0.3 is 5.97 Å². The van der Waals surface area contributed by atoms with Crippen molar-refractivity contribution in [3.63, 3.8) is 0 Å². The van der Waals surface area contributed by atoms with E-state index >= 15 is 0 Å². The van der Waals surface area contributed by atoms with Crippen molar-refractivity contribution in [2.45, 2.75) is 25.9 Å². The molecule has 1 aromatic rings. The van der Waals surface area contributed by atoms with Crippen molar-refractivity contribution in [2.75, 3.05) is 13.7 Å². The van der Waals surface area contributed by atoms with E-state index in [0.717, 1.165) is 11.3 Å². The number of ether oxygens (including phenoxy) is 2. The van der Waals surface area contributed by atoms with Crippen LogP contribution >= 0.6 is 0 Å². The number of hydrogen-bond acceptors (Lipinski definition) is 4. The maximum Gasteiger partial charge on any atom is 0.306 e. The maximum absolute atomic E-state index is 11.3. The van der Waals surface area contributed by atoms with Gasteiger partial charge in [0.05, 0.1) is 7.11 Å². The van der Waals surface area contributed by atoms with E-state index < -0.39 is 0 Å². The first-order chi connectivity index (χ1) is 8.26. The fourth-order valence-electron chi connectivity index (χ4n) is 1.34. The molecule has 0 aliphatic carbocycles. The van der Waals surface area contributed by atoms with Crippen LogP contribution in [-0.4, -0.2) is 24.8 Å². The van der Waals surface area contributed by atoms with Crippen LogP contribution in [0.5, 0.6) is 5.75 Å². The van der Waals surface area contributed by atoms with Gasteiger partial charge in [0.1, 0.15) is 12.4 Å². The maximum atomic E-state index is 11.3. The average Bonchev–Trinajstić information content (AvgIpc) is 2.37. The van der Waals surface area contributed by atoms with Crippen LogP contribution in [0.2, 0.25) is 0 Å².